The molecule has 2 rings (SSSR count). The van der Waals surface area contributed by atoms with E-state index in [1.165, 1.54) is 11.1 Å². The molecule has 5 heteroatoms. The Balaban J connectivity index is 2.08. The van der Waals surface area contributed by atoms with Crippen LogP contribution in [0.15, 0.2) is 24.3 Å². The Morgan fingerprint density at radius 2 is 1.58 bits per heavy atom. The second-order valence-corrected chi connectivity index (χ2v) is 10.3. The summed E-state index contributed by atoms with van der Waals surface area (Å²) in [6, 6.07) is 8.95. The first-order chi connectivity index (χ1) is 11.1. The van der Waals surface area contributed by atoms with Gasteiger partial charge in [-0.25, -0.2) is 8.42 Å². The van der Waals surface area contributed by atoms with Gasteiger partial charge >= 0.3 is 0 Å². The fourth-order valence-electron chi connectivity index (χ4n) is 3.42. The maximum Gasteiger partial charge on any atom is 0.214 e. The summed E-state index contributed by atoms with van der Waals surface area (Å²) >= 11 is 0. The fraction of sp³-hybridized carbons (Fsp3) is 0.684. The van der Waals surface area contributed by atoms with Crippen molar-refractivity contribution in [3.63, 3.8) is 0 Å². The number of quaternary nitrogens is 1. The van der Waals surface area contributed by atoms with Gasteiger partial charge in [-0.05, 0) is 24.8 Å². The Morgan fingerprint density at radius 1 is 1.04 bits per heavy atom. The van der Waals surface area contributed by atoms with E-state index in [2.05, 4.69) is 52.0 Å². The van der Waals surface area contributed by atoms with E-state index >= 15 is 0 Å². The van der Waals surface area contributed by atoms with Gasteiger partial charge in [-0.2, -0.15) is 4.31 Å². The summed E-state index contributed by atoms with van der Waals surface area (Å²) in [5.74, 6) is 0.202. The molecule has 1 aromatic rings. The van der Waals surface area contributed by atoms with E-state index in [-0.39, 0.29) is 11.2 Å². The molecule has 0 radical (unpaired) electrons. The molecule has 1 aliphatic heterocycles. The third kappa shape index (κ3) is 4.38. The highest BCUT2D eigenvalue weighted by Crippen LogP contribution is 2.24. The average Bonchev–Trinajstić information content (AvgIpc) is 2.55. The minimum absolute atomic E-state index is 0.176. The molecule has 1 heterocycles. The Morgan fingerprint density at radius 3 is 2.00 bits per heavy atom. The second-order valence-electron chi connectivity index (χ2n) is 8.01. The van der Waals surface area contributed by atoms with Gasteiger partial charge in [-0.1, -0.05) is 45.0 Å². The molecule has 4 nitrogen and oxygen atoms in total. The van der Waals surface area contributed by atoms with E-state index in [1.807, 2.05) is 0 Å². The normalized spacial score (nSPS) is 19.4. The predicted molar refractivity (Wildman–Crippen MR) is 100 cm³/mol. The third-order valence-electron chi connectivity index (χ3n) is 5.41. The minimum Gasteiger partial charge on any atom is -0.318 e. The zero-order valence-corrected chi connectivity index (χ0v) is 16.7. The second kappa shape index (κ2) is 7.14. The van der Waals surface area contributed by atoms with E-state index in [1.54, 1.807) is 11.2 Å². The number of sulfonamides is 1. The van der Waals surface area contributed by atoms with Crippen LogP contribution in [0.5, 0.6) is 0 Å². The Bertz CT molecular complexity index is 637. The standard InChI is InChI=1S/C19H33N2O2S/c1-6-21(14-12-20(13-15-21)24(22,23)7-2)16-17-8-10-18(11-9-17)19(3,4)5/h8-11H,6-7,12-16H2,1-5H3/q+1. The lowest BCUT2D eigenvalue weighted by Gasteiger charge is -2.44. The van der Waals surface area contributed by atoms with Gasteiger partial charge in [0.1, 0.15) is 6.54 Å². The molecule has 0 saturated carbocycles. The molecule has 1 aliphatic rings. The molecule has 0 bridgehead atoms. The zero-order chi connectivity index (χ0) is 18.0. The molecule has 0 atom stereocenters. The Labute approximate surface area is 148 Å². The highest BCUT2D eigenvalue weighted by molar-refractivity contribution is 7.89. The number of nitrogens with zero attached hydrogens (tertiary/aromatic N) is 2. The lowest BCUT2D eigenvalue weighted by molar-refractivity contribution is -0.942. The Hall–Kier alpha value is -0.910. The van der Waals surface area contributed by atoms with Crippen molar-refractivity contribution in [3.8, 4) is 0 Å². The molecule has 0 unspecified atom stereocenters. The van der Waals surface area contributed by atoms with Crippen molar-refractivity contribution in [2.24, 2.45) is 0 Å². The number of rotatable bonds is 5. The van der Waals surface area contributed by atoms with Crippen LogP contribution in [-0.4, -0.2) is 55.7 Å². The highest BCUT2D eigenvalue weighted by Gasteiger charge is 2.35. The van der Waals surface area contributed by atoms with Crippen molar-refractivity contribution in [3.05, 3.63) is 35.4 Å². The van der Waals surface area contributed by atoms with Gasteiger partial charge in [0.2, 0.25) is 10.0 Å². The van der Waals surface area contributed by atoms with Gasteiger partial charge in [0.05, 0.1) is 38.5 Å². The molecule has 1 aromatic carbocycles. The lowest BCUT2D eigenvalue weighted by Crippen LogP contribution is -2.59. The number of benzene rings is 1. The summed E-state index contributed by atoms with van der Waals surface area (Å²) in [6.45, 7) is 15.8. The van der Waals surface area contributed by atoms with Crippen molar-refractivity contribution >= 4 is 10.0 Å². The first kappa shape index (κ1) is 19.4. The topological polar surface area (TPSA) is 37.4 Å². The van der Waals surface area contributed by atoms with Crippen LogP contribution in [0.2, 0.25) is 0 Å². The van der Waals surface area contributed by atoms with Crippen molar-refractivity contribution in [1.82, 2.24) is 4.31 Å². The van der Waals surface area contributed by atoms with E-state index in [0.717, 1.165) is 30.7 Å². The molecule has 1 fully saturated rings. The molecule has 24 heavy (non-hydrogen) atoms. The van der Waals surface area contributed by atoms with Crippen LogP contribution in [0.25, 0.3) is 0 Å². The summed E-state index contributed by atoms with van der Waals surface area (Å²) in [6.07, 6.45) is 0. The molecule has 1 saturated heterocycles. The van der Waals surface area contributed by atoms with Gasteiger partial charge in [0, 0.05) is 5.56 Å². The zero-order valence-electron chi connectivity index (χ0n) is 15.9. The first-order valence-corrected chi connectivity index (χ1v) is 10.7. The number of hydrogen-bond donors (Lipinski definition) is 0. The van der Waals surface area contributed by atoms with E-state index < -0.39 is 10.0 Å². The van der Waals surface area contributed by atoms with Crippen molar-refractivity contribution < 1.29 is 12.9 Å². The highest BCUT2D eigenvalue weighted by atomic mass is 32.2. The van der Waals surface area contributed by atoms with Gasteiger partial charge in [-0.15, -0.1) is 0 Å². The number of likely N-dealkylation sites (N-methyl/N-ethyl adjacent to an activating group) is 1. The summed E-state index contributed by atoms with van der Waals surface area (Å²) in [5.41, 5.74) is 2.88. The van der Waals surface area contributed by atoms with Crippen molar-refractivity contribution in [1.29, 1.82) is 0 Å². The first-order valence-electron chi connectivity index (χ1n) is 9.04. The molecule has 0 spiro atoms. The number of piperazine rings is 1. The van der Waals surface area contributed by atoms with Crippen molar-refractivity contribution in [2.75, 3.05) is 38.5 Å². The monoisotopic (exact) mass is 353 g/mol. The van der Waals surface area contributed by atoms with Crippen LogP contribution in [0.4, 0.5) is 0 Å². The van der Waals surface area contributed by atoms with E-state index in [0.29, 0.717) is 13.1 Å². The molecule has 0 amide bonds. The SMILES string of the molecule is CC[N+]1(Cc2ccc(C(C)(C)C)cc2)CCN(S(=O)(=O)CC)CC1. The molecule has 136 valence electrons. The number of hydrogen-bond acceptors (Lipinski definition) is 2. The van der Waals surface area contributed by atoms with Crippen molar-refractivity contribution in [2.45, 2.75) is 46.6 Å². The summed E-state index contributed by atoms with van der Waals surface area (Å²) in [5, 5.41) is 0. The van der Waals surface area contributed by atoms with Crippen LogP contribution in [0.1, 0.15) is 45.7 Å². The molecule has 0 N–H and O–H groups in total. The molecular formula is C19H33N2O2S+. The van der Waals surface area contributed by atoms with E-state index in [4.69, 9.17) is 0 Å². The van der Waals surface area contributed by atoms with Crippen LogP contribution in [0, 0.1) is 0 Å². The van der Waals surface area contributed by atoms with E-state index in [9.17, 15) is 8.42 Å². The van der Waals surface area contributed by atoms with Crippen LogP contribution >= 0.6 is 0 Å². The lowest BCUT2D eigenvalue weighted by atomic mass is 9.86. The largest absolute Gasteiger partial charge is 0.318 e. The van der Waals surface area contributed by atoms with Gasteiger partial charge in [-0.3, -0.25) is 0 Å². The third-order valence-corrected chi connectivity index (χ3v) is 7.30. The predicted octanol–water partition coefficient (Wildman–Crippen LogP) is 2.99. The quantitative estimate of drug-likeness (QED) is 0.763. The van der Waals surface area contributed by atoms with Crippen LogP contribution < -0.4 is 0 Å². The maximum atomic E-state index is 12.1. The van der Waals surface area contributed by atoms with Gasteiger partial charge in [0.15, 0.2) is 0 Å². The Kier molecular flexibility index (Phi) is 5.78. The van der Waals surface area contributed by atoms with Crippen LogP contribution in [0.3, 0.4) is 0 Å². The molecule has 0 aromatic heterocycles. The fourth-order valence-corrected chi connectivity index (χ4v) is 4.50. The molecular weight excluding hydrogens is 320 g/mol. The average molecular weight is 354 g/mol. The smallest absolute Gasteiger partial charge is 0.214 e. The minimum atomic E-state index is -3.05. The van der Waals surface area contributed by atoms with Gasteiger partial charge < -0.3 is 4.48 Å². The van der Waals surface area contributed by atoms with Gasteiger partial charge in [0.25, 0.3) is 0 Å². The summed E-state index contributed by atoms with van der Waals surface area (Å²) in [7, 11) is -3.05. The molecule has 0 aliphatic carbocycles. The summed E-state index contributed by atoms with van der Waals surface area (Å²) in [4.78, 5) is 0. The van der Waals surface area contributed by atoms with Crippen LogP contribution in [-0.2, 0) is 22.0 Å². The summed E-state index contributed by atoms with van der Waals surface area (Å²) < 4.78 is 26.8. The maximum absolute atomic E-state index is 12.1.